The van der Waals surface area contributed by atoms with Crippen LogP contribution < -0.4 is 16.8 Å². The number of carbonyl (C=O) groups is 3. The first-order chi connectivity index (χ1) is 15.3. The fourth-order valence-corrected chi connectivity index (χ4v) is 3.46. The van der Waals surface area contributed by atoms with Crippen LogP contribution in [0.5, 0.6) is 0 Å². The first kappa shape index (κ1) is 32.9. The van der Waals surface area contributed by atoms with E-state index in [-0.39, 0.29) is 5.91 Å². The summed E-state index contributed by atoms with van der Waals surface area (Å²) in [6.07, 6.45) is 15.9. The molecule has 0 rings (SSSR count). The molecular formula is C23H47N3O5S. The molecule has 7 N–H and O–H groups in total. The zero-order valence-electron chi connectivity index (χ0n) is 20.2. The third-order valence-electron chi connectivity index (χ3n) is 5.04. The number of aliphatic carboxylic acids is 2. The molecule has 0 bridgehead atoms. The minimum absolute atomic E-state index is 0.128. The molecular weight excluding hydrogens is 430 g/mol. The number of carboxylic acid groups (broad SMARTS) is 2. The van der Waals surface area contributed by atoms with E-state index in [4.69, 9.17) is 21.7 Å². The van der Waals surface area contributed by atoms with Crippen LogP contribution in [0.2, 0.25) is 0 Å². The molecule has 0 heterocycles. The van der Waals surface area contributed by atoms with E-state index in [0.717, 1.165) is 31.4 Å². The van der Waals surface area contributed by atoms with Crippen LogP contribution in [0.15, 0.2) is 0 Å². The highest BCUT2D eigenvalue weighted by atomic mass is 32.2. The molecule has 8 nitrogen and oxygen atoms in total. The summed E-state index contributed by atoms with van der Waals surface area (Å²) in [5.74, 6) is -1.25. The van der Waals surface area contributed by atoms with Crippen LogP contribution in [0.3, 0.4) is 0 Å². The molecule has 0 aliphatic carbocycles. The second kappa shape index (κ2) is 24.3. The summed E-state index contributed by atoms with van der Waals surface area (Å²) in [5.41, 5.74) is 10.4. The van der Waals surface area contributed by atoms with Crippen molar-refractivity contribution in [2.24, 2.45) is 11.5 Å². The van der Waals surface area contributed by atoms with Crippen LogP contribution in [0.25, 0.3) is 0 Å². The number of hydrogen-bond donors (Lipinski definition) is 5. The Bertz CT molecular complexity index is 481. The van der Waals surface area contributed by atoms with Crippen molar-refractivity contribution in [3.63, 3.8) is 0 Å². The van der Waals surface area contributed by atoms with Crippen molar-refractivity contribution in [1.82, 2.24) is 5.32 Å². The lowest BCUT2D eigenvalue weighted by Gasteiger charge is -2.13. The van der Waals surface area contributed by atoms with Gasteiger partial charge < -0.3 is 27.0 Å². The lowest BCUT2D eigenvalue weighted by Crippen LogP contribution is -2.41. The average Bonchev–Trinajstić information content (AvgIpc) is 2.75. The van der Waals surface area contributed by atoms with Crippen LogP contribution in [0.4, 0.5) is 0 Å². The van der Waals surface area contributed by atoms with Gasteiger partial charge in [-0.15, -0.1) is 0 Å². The number of hydrogen-bond acceptors (Lipinski definition) is 6. The molecule has 2 atom stereocenters. The lowest BCUT2D eigenvalue weighted by atomic mass is 10.1. The van der Waals surface area contributed by atoms with Gasteiger partial charge in [-0.3, -0.25) is 9.59 Å². The maximum absolute atomic E-state index is 11.7. The fraction of sp³-hybridized carbons (Fsp3) is 0.870. The van der Waals surface area contributed by atoms with E-state index < -0.39 is 24.0 Å². The first-order valence-corrected chi connectivity index (χ1v) is 13.4. The van der Waals surface area contributed by atoms with E-state index in [1.54, 1.807) is 11.8 Å². The number of amides is 1. The van der Waals surface area contributed by atoms with Crippen LogP contribution in [-0.4, -0.2) is 58.7 Å². The highest BCUT2D eigenvalue weighted by Gasteiger charge is 2.18. The zero-order chi connectivity index (χ0) is 24.6. The van der Waals surface area contributed by atoms with E-state index in [9.17, 15) is 14.4 Å². The van der Waals surface area contributed by atoms with Gasteiger partial charge in [0.15, 0.2) is 0 Å². The molecule has 0 aromatic carbocycles. The predicted molar refractivity (Wildman–Crippen MR) is 133 cm³/mol. The number of unbranched alkanes of at least 4 members (excludes halogenated alkanes) is 9. The van der Waals surface area contributed by atoms with Gasteiger partial charge in [-0.25, -0.2) is 4.79 Å². The molecule has 0 unspecified atom stereocenters. The van der Waals surface area contributed by atoms with Crippen molar-refractivity contribution in [3.8, 4) is 0 Å². The SMILES string of the molecule is CCCCCCCCCCCC(=O)N[C@@H](CCSC)C(=O)O.NCCCC[C@H](N)C(=O)O. The van der Waals surface area contributed by atoms with Gasteiger partial charge in [0.2, 0.25) is 5.91 Å². The summed E-state index contributed by atoms with van der Waals surface area (Å²) >= 11 is 1.59. The smallest absolute Gasteiger partial charge is 0.326 e. The van der Waals surface area contributed by atoms with Gasteiger partial charge >= 0.3 is 11.9 Å². The van der Waals surface area contributed by atoms with Gasteiger partial charge in [0.25, 0.3) is 0 Å². The third-order valence-corrected chi connectivity index (χ3v) is 5.68. The van der Waals surface area contributed by atoms with Gasteiger partial charge in [0, 0.05) is 6.42 Å². The summed E-state index contributed by atoms with van der Waals surface area (Å²) in [5, 5.41) is 20.0. The highest BCUT2D eigenvalue weighted by Crippen LogP contribution is 2.10. The maximum atomic E-state index is 11.7. The summed E-state index contributed by atoms with van der Waals surface area (Å²) < 4.78 is 0. The molecule has 0 saturated heterocycles. The number of rotatable bonds is 20. The van der Waals surface area contributed by atoms with Crippen LogP contribution in [-0.2, 0) is 14.4 Å². The Kier molecular flexibility index (Phi) is 25.0. The minimum Gasteiger partial charge on any atom is -0.480 e. The topological polar surface area (TPSA) is 156 Å². The monoisotopic (exact) mass is 477 g/mol. The standard InChI is InChI=1S/C17H33NO3S.C6H14N2O2/c1-3-4-5-6-7-8-9-10-11-12-16(19)18-15(17(20)21)13-14-22-2;7-4-2-1-3-5(8)6(9)10/h15H,3-14H2,1-2H3,(H,18,19)(H,20,21);5H,1-4,7-8H2,(H,9,10)/t15-;5-/m00/s1. The van der Waals surface area contributed by atoms with Crippen molar-refractivity contribution >= 4 is 29.6 Å². The number of carbonyl (C=O) groups excluding carboxylic acids is 1. The third kappa shape index (κ3) is 23.3. The van der Waals surface area contributed by atoms with Gasteiger partial charge in [0.1, 0.15) is 12.1 Å². The van der Waals surface area contributed by atoms with Gasteiger partial charge in [-0.1, -0.05) is 64.7 Å². The number of nitrogens with one attached hydrogen (secondary N) is 1. The summed E-state index contributed by atoms with van der Waals surface area (Å²) in [6.45, 7) is 2.83. The van der Waals surface area contributed by atoms with Crippen molar-refractivity contribution < 1.29 is 24.6 Å². The first-order valence-electron chi connectivity index (χ1n) is 12.0. The molecule has 1 amide bonds. The minimum atomic E-state index is -0.936. The van der Waals surface area contributed by atoms with Crippen LogP contribution >= 0.6 is 11.8 Å². The molecule has 0 aliphatic heterocycles. The van der Waals surface area contributed by atoms with E-state index in [2.05, 4.69) is 12.2 Å². The largest absolute Gasteiger partial charge is 0.480 e. The van der Waals surface area contributed by atoms with Gasteiger partial charge in [0.05, 0.1) is 0 Å². The Morgan fingerprint density at radius 2 is 1.41 bits per heavy atom. The van der Waals surface area contributed by atoms with E-state index >= 15 is 0 Å². The van der Waals surface area contributed by atoms with Crippen LogP contribution in [0.1, 0.15) is 96.8 Å². The molecule has 32 heavy (non-hydrogen) atoms. The molecule has 0 aromatic rings. The average molecular weight is 478 g/mol. The van der Waals surface area contributed by atoms with E-state index in [1.165, 1.54) is 44.9 Å². The second-order valence-electron chi connectivity index (χ2n) is 8.05. The Balaban J connectivity index is 0. The number of thioether (sulfide) groups is 1. The van der Waals surface area contributed by atoms with Crippen molar-refractivity contribution in [2.75, 3.05) is 18.6 Å². The number of carboxylic acids is 2. The fourth-order valence-electron chi connectivity index (χ4n) is 2.99. The molecule has 0 aromatic heterocycles. The number of nitrogens with two attached hydrogens (primary N) is 2. The lowest BCUT2D eigenvalue weighted by molar-refractivity contribution is -0.142. The van der Waals surface area contributed by atoms with Crippen molar-refractivity contribution in [1.29, 1.82) is 0 Å². The van der Waals surface area contributed by atoms with Crippen LogP contribution in [0, 0.1) is 0 Å². The Hall–Kier alpha value is -1.32. The molecule has 9 heteroatoms. The molecule has 0 saturated carbocycles. The molecule has 0 radical (unpaired) electrons. The normalized spacial score (nSPS) is 12.4. The second-order valence-corrected chi connectivity index (χ2v) is 9.03. The van der Waals surface area contributed by atoms with E-state index in [0.29, 0.717) is 25.8 Å². The van der Waals surface area contributed by atoms with E-state index in [1.807, 2.05) is 6.26 Å². The Morgan fingerprint density at radius 3 is 1.88 bits per heavy atom. The zero-order valence-corrected chi connectivity index (χ0v) is 21.0. The van der Waals surface area contributed by atoms with Crippen molar-refractivity contribution in [2.45, 2.75) is 109 Å². The van der Waals surface area contributed by atoms with Gasteiger partial charge in [-0.2, -0.15) is 11.8 Å². The van der Waals surface area contributed by atoms with Gasteiger partial charge in [-0.05, 0) is 44.2 Å². The summed E-state index contributed by atoms with van der Waals surface area (Å²) in [7, 11) is 0. The summed E-state index contributed by atoms with van der Waals surface area (Å²) in [4.78, 5) is 32.9. The quantitative estimate of drug-likeness (QED) is 0.166. The molecule has 0 spiro atoms. The summed E-state index contributed by atoms with van der Waals surface area (Å²) in [6, 6.07) is -1.45. The molecule has 190 valence electrons. The highest BCUT2D eigenvalue weighted by molar-refractivity contribution is 7.98. The molecule has 0 aliphatic rings. The Labute approximate surface area is 198 Å². The van der Waals surface area contributed by atoms with Crippen molar-refractivity contribution in [3.05, 3.63) is 0 Å². The Morgan fingerprint density at radius 1 is 0.844 bits per heavy atom. The predicted octanol–water partition coefficient (Wildman–Crippen LogP) is 3.76. The maximum Gasteiger partial charge on any atom is 0.326 e. The molecule has 0 fully saturated rings.